The van der Waals surface area contributed by atoms with Crippen LogP contribution in [0, 0.1) is 5.41 Å². The van der Waals surface area contributed by atoms with Crippen LogP contribution in [-0.4, -0.2) is 29.7 Å². The Morgan fingerprint density at radius 2 is 2.27 bits per heavy atom. The molecule has 3 heterocycles. The van der Waals surface area contributed by atoms with Gasteiger partial charge in [-0.15, -0.1) is 0 Å². The molecule has 0 amide bonds. The van der Waals surface area contributed by atoms with Gasteiger partial charge in [0.15, 0.2) is 0 Å². The van der Waals surface area contributed by atoms with Crippen molar-refractivity contribution in [1.82, 2.24) is 15.3 Å². The molecule has 2 saturated heterocycles. The van der Waals surface area contributed by atoms with Gasteiger partial charge in [-0.3, -0.25) is 0 Å². The molecule has 15 heavy (non-hydrogen) atoms. The van der Waals surface area contributed by atoms with Gasteiger partial charge < -0.3 is 10.1 Å². The van der Waals surface area contributed by atoms with Gasteiger partial charge in [0.05, 0.1) is 12.3 Å². The second kappa shape index (κ2) is 3.54. The maximum atomic E-state index is 5.69. The molecule has 0 radical (unpaired) electrons. The van der Waals surface area contributed by atoms with E-state index in [2.05, 4.69) is 15.3 Å². The lowest BCUT2D eigenvalue weighted by molar-refractivity contribution is -0.204. The van der Waals surface area contributed by atoms with E-state index in [-0.39, 0.29) is 6.10 Å². The average Bonchev–Trinajstić information content (AvgIpc) is 2.30. The van der Waals surface area contributed by atoms with Crippen LogP contribution in [0.3, 0.4) is 0 Å². The summed E-state index contributed by atoms with van der Waals surface area (Å²) in [5, 5.41) is 3.39. The third-order valence-corrected chi connectivity index (χ3v) is 3.57. The van der Waals surface area contributed by atoms with Crippen molar-refractivity contribution in [1.29, 1.82) is 0 Å². The first-order chi connectivity index (χ1) is 7.41. The van der Waals surface area contributed by atoms with Crippen molar-refractivity contribution in [3.05, 3.63) is 24.3 Å². The Balaban J connectivity index is 1.83. The van der Waals surface area contributed by atoms with Gasteiger partial charge in [-0.1, -0.05) is 0 Å². The van der Waals surface area contributed by atoms with Gasteiger partial charge >= 0.3 is 0 Å². The topological polar surface area (TPSA) is 47.0 Å². The summed E-state index contributed by atoms with van der Waals surface area (Å²) in [5.41, 5.74) is 1.39. The van der Waals surface area contributed by atoms with Crippen molar-refractivity contribution in [3.63, 3.8) is 0 Å². The molecule has 3 rings (SSSR count). The van der Waals surface area contributed by atoms with Crippen LogP contribution < -0.4 is 5.32 Å². The highest BCUT2D eigenvalue weighted by Gasteiger charge is 2.49. The van der Waals surface area contributed by atoms with E-state index in [1.54, 1.807) is 12.5 Å². The number of rotatable bonds is 1. The Labute approximate surface area is 89.1 Å². The zero-order valence-corrected chi connectivity index (χ0v) is 8.65. The molecule has 1 N–H and O–H groups in total. The van der Waals surface area contributed by atoms with Crippen LogP contribution >= 0.6 is 0 Å². The third kappa shape index (κ3) is 1.44. The predicted molar refractivity (Wildman–Crippen MR) is 55.3 cm³/mol. The Hall–Kier alpha value is -1.00. The fraction of sp³-hybridized carbons (Fsp3) is 0.636. The Kier molecular flexibility index (Phi) is 2.18. The lowest BCUT2D eigenvalue weighted by Gasteiger charge is -2.51. The first-order valence-electron chi connectivity index (χ1n) is 5.49. The maximum Gasteiger partial charge on any atom is 0.115 e. The lowest BCUT2D eigenvalue weighted by Crippen LogP contribution is -2.51. The number of nitrogens with one attached hydrogen (secondary N) is 1. The summed E-state index contributed by atoms with van der Waals surface area (Å²) < 4.78 is 5.69. The van der Waals surface area contributed by atoms with Crippen LogP contribution in [0.1, 0.15) is 24.6 Å². The second-order valence-electron chi connectivity index (χ2n) is 4.44. The monoisotopic (exact) mass is 205 g/mol. The van der Waals surface area contributed by atoms with Crippen LogP contribution in [0.5, 0.6) is 0 Å². The van der Waals surface area contributed by atoms with E-state index in [1.165, 1.54) is 12.8 Å². The van der Waals surface area contributed by atoms with E-state index in [9.17, 15) is 0 Å². The second-order valence-corrected chi connectivity index (χ2v) is 4.44. The molecule has 2 fully saturated rings. The zero-order valence-electron chi connectivity index (χ0n) is 8.65. The predicted octanol–water partition coefficient (Wildman–Crippen LogP) is 0.918. The molecule has 2 aliphatic heterocycles. The summed E-state index contributed by atoms with van der Waals surface area (Å²) in [5.74, 6) is 0. The van der Waals surface area contributed by atoms with Crippen LogP contribution in [0.2, 0.25) is 0 Å². The number of nitrogens with zero attached hydrogens (tertiary/aromatic N) is 2. The summed E-state index contributed by atoms with van der Waals surface area (Å²) in [4.78, 5) is 8.23. The molecule has 4 nitrogen and oxygen atoms in total. The Morgan fingerprint density at radius 1 is 1.40 bits per heavy atom. The summed E-state index contributed by atoms with van der Waals surface area (Å²) in [6, 6.07) is 1.97. The first kappa shape index (κ1) is 9.24. The van der Waals surface area contributed by atoms with E-state index in [0.717, 1.165) is 25.4 Å². The van der Waals surface area contributed by atoms with Crippen LogP contribution in [0.4, 0.5) is 0 Å². The Bertz CT molecular complexity index is 335. The molecule has 80 valence electrons. The standard InChI is InChI=1S/C11H15N3O/c1-4-13-8-14-9(1)10-11(7-15-10)2-5-12-6-3-11/h1,4,8,10,12H,2-3,5-7H2. The van der Waals surface area contributed by atoms with Gasteiger partial charge in [-0.2, -0.15) is 0 Å². The molecule has 4 heteroatoms. The largest absolute Gasteiger partial charge is 0.371 e. The fourth-order valence-electron chi connectivity index (χ4n) is 2.59. The lowest BCUT2D eigenvalue weighted by atomic mass is 9.70. The molecule has 1 unspecified atom stereocenters. The minimum atomic E-state index is 0.197. The van der Waals surface area contributed by atoms with Crippen molar-refractivity contribution in [2.75, 3.05) is 19.7 Å². The van der Waals surface area contributed by atoms with Gasteiger partial charge in [-0.25, -0.2) is 9.97 Å². The first-order valence-corrected chi connectivity index (χ1v) is 5.49. The number of aromatic nitrogens is 2. The summed E-state index contributed by atoms with van der Waals surface area (Å²) >= 11 is 0. The van der Waals surface area contributed by atoms with Crippen molar-refractivity contribution >= 4 is 0 Å². The fourth-order valence-corrected chi connectivity index (χ4v) is 2.59. The number of hydrogen-bond donors (Lipinski definition) is 1. The highest BCUT2D eigenvalue weighted by molar-refractivity contribution is 5.13. The number of piperidine rings is 1. The maximum absolute atomic E-state index is 5.69. The zero-order chi connectivity index (χ0) is 10.1. The molecular weight excluding hydrogens is 190 g/mol. The van der Waals surface area contributed by atoms with Gasteiger partial charge in [-0.05, 0) is 32.0 Å². The summed E-state index contributed by atoms with van der Waals surface area (Å²) in [6.45, 7) is 3.10. The van der Waals surface area contributed by atoms with E-state index in [1.807, 2.05) is 6.07 Å². The molecular formula is C11H15N3O. The molecule has 0 aliphatic carbocycles. The van der Waals surface area contributed by atoms with E-state index >= 15 is 0 Å². The van der Waals surface area contributed by atoms with Crippen molar-refractivity contribution in [2.45, 2.75) is 18.9 Å². The molecule has 0 aromatic carbocycles. The van der Waals surface area contributed by atoms with Crippen LogP contribution in [-0.2, 0) is 4.74 Å². The van der Waals surface area contributed by atoms with Gasteiger partial charge in [0.1, 0.15) is 12.4 Å². The van der Waals surface area contributed by atoms with Crippen LogP contribution in [0.15, 0.2) is 18.6 Å². The Morgan fingerprint density at radius 3 is 2.87 bits per heavy atom. The molecule has 1 atom stereocenters. The van der Waals surface area contributed by atoms with Gasteiger partial charge in [0.25, 0.3) is 0 Å². The number of ether oxygens (including phenoxy) is 1. The molecule has 2 aliphatic rings. The average molecular weight is 205 g/mol. The quantitative estimate of drug-likeness (QED) is 0.740. The van der Waals surface area contributed by atoms with Crippen molar-refractivity contribution in [2.24, 2.45) is 5.41 Å². The summed E-state index contributed by atoms with van der Waals surface area (Å²) in [7, 11) is 0. The third-order valence-electron chi connectivity index (χ3n) is 3.57. The highest BCUT2D eigenvalue weighted by Crippen LogP contribution is 2.51. The van der Waals surface area contributed by atoms with E-state index < -0.39 is 0 Å². The smallest absolute Gasteiger partial charge is 0.115 e. The SMILES string of the molecule is c1cc(C2OCC23CCNCC3)ncn1. The van der Waals surface area contributed by atoms with Gasteiger partial charge in [0.2, 0.25) is 0 Å². The van der Waals surface area contributed by atoms with E-state index in [0.29, 0.717) is 5.41 Å². The summed E-state index contributed by atoms with van der Waals surface area (Å²) in [6.07, 6.45) is 5.98. The van der Waals surface area contributed by atoms with Crippen molar-refractivity contribution in [3.8, 4) is 0 Å². The molecule has 0 bridgehead atoms. The van der Waals surface area contributed by atoms with Gasteiger partial charge in [0, 0.05) is 11.6 Å². The number of hydrogen-bond acceptors (Lipinski definition) is 4. The van der Waals surface area contributed by atoms with Crippen LogP contribution in [0.25, 0.3) is 0 Å². The molecule has 0 saturated carbocycles. The molecule has 1 aromatic rings. The molecule has 1 aromatic heterocycles. The normalized spacial score (nSPS) is 28.7. The molecule has 1 spiro atoms. The minimum absolute atomic E-state index is 0.197. The van der Waals surface area contributed by atoms with Crippen molar-refractivity contribution < 1.29 is 4.74 Å². The highest BCUT2D eigenvalue weighted by atomic mass is 16.5. The van der Waals surface area contributed by atoms with E-state index in [4.69, 9.17) is 4.74 Å². The minimum Gasteiger partial charge on any atom is -0.371 e.